The van der Waals surface area contributed by atoms with E-state index in [2.05, 4.69) is 10.5 Å². The summed E-state index contributed by atoms with van der Waals surface area (Å²) in [6.07, 6.45) is 0.724. The highest BCUT2D eigenvalue weighted by Gasteiger charge is 2.12. The molecule has 0 fully saturated rings. The molecule has 1 aromatic carbocycles. The van der Waals surface area contributed by atoms with Crippen molar-refractivity contribution in [3.05, 3.63) is 28.8 Å². The summed E-state index contributed by atoms with van der Waals surface area (Å²) in [5, 5.41) is 15.5. The van der Waals surface area contributed by atoms with Gasteiger partial charge in [0.2, 0.25) is 0 Å². The lowest BCUT2D eigenvalue weighted by Crippen LogP contribution is -2.35. The van der Waals surface area contributed by atoms with Crippen LogP contribution in [0.5, 0.6) is 0 Å². The summed E-state index contributed by atoms with van der Waals surface area (Å²) < 4.78 is 0. The standard InChI is InChI=1S/C11H16ClN3O/c1-3-9(11(13)15-16)14-10-6-8(12)5-4-7(10)2/h4-6,9,14,16H,3H2,1-2H3,(H2,13,15). The van der Waals surface area contributed by atoms with E-state index >= 15 is 0 Å². The number of hydrogen-bond acceptors (Lipinski definition) is 3. The molecule has 5 heteroatoms. The highest BCUT2D eigenvalue weighted by atomic mass is 35.5. The molecule has 88 valence electrons. The average Bonchev–Trinajstić information content (AvgIpc) is 2.29. The van der Waals surface area contributed by atoms with Crippen LogP contribution in [-0.4, -0.2) is 17.1 Å². The smallest absolute Gasteiger partial charge is 0.161 e. The third kappa shape index (κ3) is 3.03. The zero-order valence-corrected chi connectivity index (χ0v) is 10.1. The van der Waals surface area contributed by atoms with Crippen molar-refractivity contribution in [2.75, 3.05) is 5.32 Å². The molecule has 0 aliphatic rings. The maximum absolute atomic E-state index is 8.64. The maximum Gasteiger partial charge on any atom is 0.161 e. The maximum atomic E-state index is 8.64. The minimum absolute atomic E-state index is 0.168. The van der Waals surface area contributed by atoms with Crippen LogP contribution >= 0.6 is 11.6 Å². The largest absolute Gasteiger partial charge is 0.409 e. The Morgan fingerprint density at radius 2 is 2.31 bits per heavy atom. The van der Waals surface area contributed by atoms with Gasteiger partial charge < -0.3 is 16.3 Å². The number of rotatable bonds is 4. The molecule has 0 aliphatic heterocycles. The number of halogens is 1. The predicted octanol–water partition coefficient (Wildman–Crippen LogP) is 2.59. The molecule has 0 saturated heterocycles. The van der Waals surface area contributed by atoms with Crippen molar-refractivity contribution in [1.29, 1.82) is 0 Å². The summed E-state index contributed by atoms with van der Waals surface area (Å²) in [6, 6.07) is 5.38. The summed E-state index contributed by atoms with van der Waals surface area (Å²) in [4.78, 5) is 0. The van der Waals surface area contributed by atoms with Crippen molar-refractivity contribution in [1.82, 2.24) is 0 Å². The van der Waals surface area contributed by atoms with Gasteiger partial charge in [-0.15, -0.1) is 0 Å². The van der Waals surface area contributed by atoms with E-state index < -0.39 is 0 Å². The molecular formula is C11H16ClN3O. The Morgan fingerprint density at radius 1 is 1.62 bits per heavy atom. The SMILES string of the molecule is CCC(Nc1cc(Cl)ccc1C)C(N)=NO. The molecule has 0 heterocycles. The molecule has 0 amide bonds. The van der Waals surface area contributed by atoms with E-state index in [1.165, 1.54) is 0 Å². The molecular weight excluding hydrogens is 226 g/mol. The van der Waals surface area contributed by atoms with Crippen molar-refractivity contribution < 1.29 is 5.21 Å². The van der Waals surface area contributed by atoms with Crippen LogP contribution in [0, 0.1) is 6.92 Å². The minimum atomic E-state index is -0.192. The second-order valence-electron chi connectivity index (χ2n) is 3.59. The van der Waals surface area contributed by atoms with Gasteiger partial charge in [-0.3, -0.25) is 0 Å². The van der Waals surface area contributed by atoms with Crippen molar-refractivity contribution in [2.24, 2.45) is 10.9 Å². The number of nitrogens with one attached hydrogen (secondary N) is 1. The first-order valence-corrected chi connectivity index (χ1v) is 5.46. The average molecular weight is 242 g/mol. The molecule has 1 unspecified atom stereocenters. The number of benzene rings is 1. The fraction of sp³-hybridized carbons (Fsp3) is 0.364. The number of anilines is 1. The summed E-state index contributed by atoms with van der Waals surface area (Å²) in [5.41, 5.74) is 7.53. The van der Waals surface area contributed by atoms with E-state index in [0.717, 1.165) is 17.7 Å². The molecule has 0 radical (unpaired) electrons. The van der Waals surface area contributed by atoms with Crippen LogP contribution in [0.4, 0.5) is 5.69 Å². The van der Waals surface area contributed by atoms with Crippen LogP contribution in [0.2, 0.25) is 5.02 Å². The topological polar surface area (TPSA) is 70.6 Å². The fourth-order valence-corrected chi connectivity index (χ4v) is 1.56. The molecule has 0 aliphatic carbocycles. The number of hydrogen-bond donors (Lipinski definition) is 3. The van der Waals surface area contributed by atoms with Crippen molar-refractivity contribution in [2.45, 2.75) is 26.3 Å². The molecule has 16 heavy (non-hydrogen) atoms. The molecule has 4 nitrogen and oxygen atoms in total. The Balaban J connectivity index is 2.89. The lowest BCUT2D eigenvalue weighted by Gasteiger charge is -2.18. The van der Waals surface area contributed by atoms with Gasteiger partial charge in [-0.2, -0.15) is 0 Å². The number of oxime groups is 1. The first-order valence-electron chi connectivity index (χ1n) is 5.08. The normalized spacial score (nSPS) is 13.6. The summed E-state index contributed by atoms with van der Waals surface area (Å²) in [7, 11) is 0. The Morgan fingerprint density at radius 3 is 2.88 bits per heavy atom. The Labute approximate surface area is 100 Å². The number of amidine groups is 1. The van der Waals surface area contributed by atoms with Crippen molar-refractivity contribution >= 4 is 23.1 Å². The third-order valence-electron chi connectivity index (χ3n) is 2.41. The molecule has 4 N–H and O–H groups in total. The molecule has 0 bridgehead atoms. The van der Waals surface area contributed by atoms with E-state index in [9.17, 15) is 0 Å². The van der Waals surface area contributed by atoms with Gasteiger partial charge in [0, 0.05) is 10.7 Å². The fourth-order valence-electron chi connectivity index (χ4n) is 1.39. The zero-order chi connectivity index (χ0) is 12.1. The Kier molecular flexibility index (Phi) is 4.43. The Bertz CT molecular complexity index is 393. The van der Waals surface area contributed by atoms with Gasteiger partial charge in [0.05, 0.1) is 6.04 Å². The predicted molar refractivity (Wildman–Crippen MR) is 67.3 cm³/mol. The molecule has 0 saturated carbocycles. The molecule has 1 atom stereocenters. The number of nitrogens with zero attached hydrogens (tertiary/aromatic N) is 1. The summed E-state index contributed by atoms with van der Waals surface area (Å²) in [6.45, 7) is 3.92. The van der Waals surface area contributed by atoms with Gasteiger partial charge in [0.1, 0.15) is 0 Å². The minimum Gasteiger partial charge on any atom is -0.409 e. The highest BCUT2D eigenvalue weighted by molar-refractivity contribution is 6.30. The van der Waals surface area contributed by atoms with Crippen LogP contribution < -0.4 is 11.1 Å². The van der Waals surface area contributed by atoms with Gasteiger partial charge >= 0.3 is 0 Å². The first kappa shape index (κ1) is 12.6. The van der Waals surface area contributed by atoms with Crippen molar-refractivity contribution in [3.8, 4) is 0 Å². The monoisotopic (exact) mass is 241 g/mol. The Hall–Kier alpha value is -1.42. The molecule has 0 spiro atoms. The highest BCUT2D eigenvalue weighted by Crippen LogP contribution is 2.21. The lowest BCUT2D eigenvalue weighted by atomic mass is 10.1. The molecule has 0 aromatic heterocycles. The van der Waals surface area contributed by atoms with E-state index in [0.29, 0.717) is 5.02 Å². The number of nitrogens with two attached hydrogens (primary N) is 1. The van der Waals surface area contributed by atoms with E-state index in [-0.39, 0.29) is 11.9 Å². The van der Waals surface area contributed by atoms with Gasteiger partial charge in [0.15, 0.2) is 5.84 Å². The first-order chi connectivity index (χ1) is 7.58. The second kappa shape index (κ2) is 5.61. The van der Waals surface area contributed by atoms with Crippen LogP contribution in [0.25, 0.3) is 0 Å². The van der Waals surface area contributed by atoms with E-state index in [1.54, 1.807) is 0 Å². The van der Waals surface area contributed by atoms with Gasteiger partial charge in [-0.05, 0) is 31.0 Å². The van der Waals surface area contributed by atoms with Crippen LogP contribution in [-0.2, 0) is 0 Å². The zero-order valence-electron chi connectivity index (χ0n) is 9.37. The number of aryl methyl sites for hydroxylation is 1. The van der Waals surface area contributed by atoms with Crippen LogP contribution in [0.1, 0.15) is 18.9 Å². The van der Waals surface area contributed by atoms with E-state index in [1.807, 2.05) is 32.0 Å². The second-order valence-corrected chi connectivity index (χ2v) is 4.03. The quantitative estimate of drug-likeness (QED) is 0.328. The van der Waals surface area contributed by atoms with Gasteiger partial charge in [-0.1, -0.05) is 29.7 Å². The summed E-state index contributed by atoms with van der Waals surface area (Å²) in [5.74, 6) is 0.168. The molecule has 1 rings (SSSR count). The van der Waals surface area contributed by atoms with Crippen LogP contribution in [0.3, 0.4) is 0 Å². The summed E-state index contributed by atoms with van der Waals surface area (Å²) >= 11 is 5.91. The molecule has 1 aromatic rings. The van der Waals surface area contributed by atoms with E-state index in [4.69, 9.17) is 22.5 Å². The van der Waals surface area contributed by atoms with Crippen LogP contribution in [0.15, 0.2) is 23.4 Å². The lowest BCUT2D eigenvalue weighted by molar-refractivity contribution is 0.316. The third-order valence-corrected chi connectivity index (χ3v) is 2.65. The van der Waals surface area contributed by atoms with Crippen molar-refractivity contribution in [3.63, 3.8) is 0 Å². The van der Waals surface area contributed by atoms with Gasteiger partial charge in [0.25, 0.3) is 0 Å². The van der Waals surface area contributed by atoms with Gasteiger partial charge in [-0.25, -0.2) is 0 Å².